The molecule has 0 aliphatic carbocycles. The molecule has 0 saturated heterocycles. The lowest BCUT2D eigenvalue weighted by Crippen LogP contribution is -2.44. The molecule has 0 saturated carbocycles. The average molecular weight is 561 g/mol. The summed E-state index contributed by atoms with van der Waals surface area (Å²) in [5, 5.41) is 26.8. The molecule has 0 atom stereocenters. The Balaban J connectivity index is 2.00. The number of benzene rings is 1. The Kier molecular flexibility index (Phi) is 8.18. The van der Waals surface area contributed by atoms with E-state index in [1.54, 1.807) is 26.0 Å². The molecular formula is C22H19BrClN7O4. The van der Waals surface area contributed by atoms with Crippen molar-refractivity contribution in [2.45, 2.75) is 13.8 Å². The normalized spacial score (nSPS) is 10.6. The number of aromatic nitrogens is 3. The van der Waals surface area contributed by atoms with Crippen LogP contribution in [0.4, 0.5) is 10.5 Å². The Morgan fingerprint density at radius 2 is 2.06 bits per heavy atom. The van der Waals surface area contributed by atoms with E-state index in [9.17, 15) is 19.6 Å². The van der Waals surface area contributed by atoms with Gasteiger partial charge in [-0.3, -0.25) is 15.0 Å². The zero-order chi connectivity index (χ0) is 25.7. The largest absolute Gasteiger partial charge is 0.464 e. The maximum absolute atomic E-state index is 13.3. The maximum Gasteiger partial charge on any atom is 0.419 e. The summed E-state index contributed by atoms with van der Waals surface area (Å²) >= 11 is 9.48. The predicted octanol–water partition coefficient (Wildman–Crippen LogP) is 3.80. The van der Waals surface area contributed by atoms with Gasteiger partial charge in [0.2, 0.25) is 0 Å². The minimum Gasteiger partial charge on any atom is -0.464 e. The number of anilines is 1. The van der Waals surface area contributed by atoms with E-state index in [2.05, 4.69) is 36.8 Å². The number of hydrogen-bond acceptors (Lipinski definition) is 7. The Labute approximate surface area is 213 Å². The molecule has 1 aromatic carbocycles. The van der Waals surface area contributed by atoms with E-state index < -0.39 is 17.8 Å². The molecule has 3 aromatic rings. The highest BCUT2D eigenvalue weighted by Crippen LogP contribution is 2.26. The van der Waals surface area contributed by atoms with Gasteiger partial charge in [-0.05, 0) is 52.7 Å². The highest BCUT2D eigenvalue weighted by molar-refractivity contribution is 9.10. The van der Waals surface area contributed by atoms with Crippen molar-refractivity contribution in [3.63, 3.8) is 0 Å². The van der Waals surface area contributed by atoms with Crippen molar-refractivity contribution in [1.82, 2.24) is 25.2 Å². The molecule has 0 aliphatic heterocycles. The SMILES string of the molecule is CCN(CC(=O)c1cc(C#N)cc(C)c1NC(=O)c1cc(Br)nn1-c1ncccc1Cl)NC(=O)O. The lowest BCUT2D eigenvalue weighted by Gasteiger charge is -2.20. The number of carbonyl (C=O) groups excluding carboxylic acids is 2. The Morgan fingerprint density at radius 1 is 1.31 bits per heavy atom. The van der Waals surface area contributed by atoms with Crippen molar-refractivity contribution in [3.05, 3.63) is 68.5 Å². The molecule has 13 heteroatoms. The number of hydrazine groups is 1. The zero-order valence-electron chi connectivity index (χ0n) is 18.5. The van der Waals surface area contributed by atoms with Crippen LogP contribution in [-0.2, 0) is 0 Å². The van der Waals surface area contributed by atoms with Crippen molar-refractivity contribution >= 4 is 51.0 Å². The summed E-state index contributed by atoms with van der Waals surface area (Å²) in [6.45, 7) is 3.22. The van der Waals surface area contributed by atoms with E-state index in [1.165, 1.54) is 34.1 Å². The summed E-state index contributed by atoms with van der Waals surface area (Å²) in [6, 6.07) is 9.58. The number of nitrogens with zero attached hydrogens (tertiary/aromatic N) is 5. The van der Waals surface area contributed by atoms with E-state index in [4.69, 9.17) is 16.7 Å². The molecule has 35 heavy (non-hydrogen) atoms. The number of halogens is 2. The average Bonchev–Trinajstić information content (AvgIpc) is 3.20. The highest BCUT2D eigenvalue weighted by Gasteiger charge is 2.23. The van der Waals surface area contributed by atoms with Crippen molar-refractivity contribution in [1.29, 1.82) is 5.26 Å². The van der Waals surface area contributed by atoms with Crippen molar-refractivity contribution < 1.29 is 19.5 Å². The number of pyridine rings is 1. The first kappa shape index (κ1) is 25.8. The fourth-order valence-electron chi connectivity index (χ4n) is 3.25. The monoisotopic (exact) mass is 559 g/mol. The summed E-state index contributed by atoms with van der Waals surface area (Å²) in [4.78, 5) is 41.6. The van der Waals surface area contributed by atoms with Crippen molar-refractivity contribution in [3.8, 4) is 11.9 Å². The number of rotatable bonds is 8. The van der Waals surface area contributed by atoms with Crippen LogP contribution in [0.25, 0.3) is 5.82 Å². The van der Waals surface area contributed by atoms with Gasteiger partial charge in [0, 0.05) is 24.4 Å². The van der Waals surface area contributed by atoms with Crippen LogP contribution >= 0.6 is 27.5 Å². The Morgan fingerprint density at radius 3 is 2.69 bits per heavy atom. The van der Waals surface area contributed by atoms with Gasteiger partial charge in [0.15, 0.2) is 11.6 Å². The molecule has 180 valence electrons. The third-order valence-corrected chi connectivity index (χ3v) is 5.51. The first-order valence-corrected chi connectivity index (χ1v) is 11.3. The number of nitriles is 1. The summed E-state index contributed by atoms with van der Waals surface area (Å²) in [5.74, 6) is -0.877. The van der Waals surface area contributed by atoms with Gasteiger partial charge in [-0.1, -0.05) is 18.5 Å². The number of hydrogen-bond donors (Lipinski definition) is 3. The number of likely N-dealkylation sites (N-methyl/N-ethyl adjacent to an activating group) is 1. The number of Topliss-reactive ketones (excluding diaryl/α,β-unsaturated/α-hetero) is 1. The van der Waals surface area contributed by atoms with Crippen LogP contribution in [0.3, 0.4) is 0 Å². The van der Waals surface area contributed by atoms with Gasteiger partial charge in [0.1, 0.15) is 10.3 Å². The van der Waals surface area contributed by atoms with Crippen molar-refractivity contribution in [2.75, 3.05) is 18.4 Å². The fraction of sp³-hybridized carbons (Fsp3) is 0.182. The van der Waals surface area contributed by atoms with Gasteiger partial charge in [0.25, 0.3) is 5.91 Å². The number of amides is 2. The Hall–Kier alpha value is -3.79. The summed E-state index contributed by atoms with van der Waals surface area (Å²) in [5.41, 5.74) is 3.14. The fourth-order valence-corrected chi connectivity index (χ4v) is 3.82. The molecule has 2 aromatic heterocycles. The number of carbonyl (C=O) groups is 3. The summed E-state index contributed by atoms with van der Waals surface area (Å²) < 4.78 is 1.62. The van der Waals surface area contributed by atoms with E-state index in [0.717, 1.165) is 0 Å². The number of nitrogens with one attached hydrogen (secondary N) is 2. The van der Waals surface area contributed by atoms with Gasteiger partial charge in [0.05, 0.1) is 28.9 Å². The van der Waals surface area contributed by atoms with Gasteiger partial charge >= 0.3 is 6.09 Å². The zero-order valence-corrected chi connectivity index (χ0v) is 20.9. The Bertz CT molecular complexity index is 1350. The molecule has 0 fully saturated rings. The molecule has 0 radical (unpaired) electrons. The van der Waals surface area contributed by atoms with E-state index in [0.29, 0.717) is 10.2 Å². The van der Waals surface area contributed by atoms with Gasteiger partial charge in [-0.25, -0.2) is 19.5 Å². The first-order valence-electron chi connectivity index (χ1n) is 10.1. The number of carboxylic acid groups (broad SMARTS) is 1. The second-order valence-electron chi connectivity index (χ2n) is 7.21. The molecule has 0 aliphatic rings. The number of aryl methyl sites for hydroxylation is 1. The smallest absolute Gasteiger partial charge is 0.419 e. The molecule has 11 nitrogen and oxygen atoms in total. The van der Waals surface area contributed by atoms with Crippen LogP contribution in [0, 0.1) is 18.3 Å². The van der Waals surface area contributed by atoms with Crippen LogP contribution < -0.4 is 10.7 Å². The van der Waals surface area contributed by atoms with E-state index in [-0.39, 0.29) is 46.4 Å². The minimum atomic E-state index is -1.32. The molecule has 0 spiro atoms. The van der Waals surface area contributed by atoms with E-state index in [1.807, 2.05) is 6.07 Å². The maximum atomic E-state index is 13.3. The highest BCUT2D eigenvalue weighted by atomic mass is 79.9. The van der Waals surface area contributed by atoms with E-state index >= 15 is 0 Å². The number of ketones is 1. The van der Waals surface area contributed by atoms with Crippen LogP contribution in [0.15, 0.2) is 41.1 Å². The standard InChI is InChI=1S/C22H19BrClN7O4/c1-3-30(29-22(34)35)11-17(32)14-8-13(10-25)7-12(2)19(14)27-21(33)16-9-18(23)28-31(16)20-15(24)5-4-6-26-20/h4-9,29H,3,11H2,1-2H3,(H,27,33)(H,34,35). The lowest BCUT2D eigenvalue weighted by atomic mass is 10.00. The van der Waals surface area contributed by atoms with Crippen molar-refractivity contribution in [2.24, 2.45) is 0 Å². The molecule has 0 bridgehead atoms. The molecule has 3 rings (SSSR count). The van der Waals surface area contributed by atoms with Crippen LogP contribution in [-0.4, -0.2) is 55.8 Å². The van der Waals surface area contributed by atoms with Gasteiger partial charge in [-0.2, -0.15) is 10.4 Å². The molecule has 2 heterocycles. The molecule has 3 N–H and O–H groups in total. The first-order chi connectivity index (χ1) is 16.6. The molecule has 2 amide bonds. The van der Waals surface area contributed by atoms with Gasteiger partial charge in [-0.15, -0.1) is 0 Å². The third-order valence-electron chi connectivity index (χ3n) is 4.83. The lowest BCUT2D eigenvalue weighted by molar-refractivity contribution is 0.0882. The third kappa shape index (κ3) is 6.02. The van der Waals surface area contributed by atoms with Crippen LogP contribution in [0.5, 0.6) is 0 Å². The topological polar surface area (TPSA) is 153 Å². The molecule has 0 unspecified atom stereocenters. The summed E-state index contributed by atoms with van der Waals surface area (Å²) in [6.07, 6.45) is 0.187. The summed E-state index contributed by atoms with van der Waals surface area (Å²) in [7, 11) is 0. The minimum absolute atomic E-state index is 0.0570. The van der Waals surface area contributed by atoms with Gasteiger partial charge < -0.3 is 10.4 Å². The molecular weight excluding hydrogens is 542 g/mol. The van der Waals surface area contributed by atoms with Crippen LogP contribution in [0.2, 0.25) is 5.02 Å². The van der Waals surface area contributed by atoms with Crippen LogP contribution in [0.1, 0.15) is 38.9 Å². The second-order valence-corrected chi connectivity index (χ2v) is 8.43. The quantitative estimate of drug-likeness (QED) is 0.278. The second kappa shape index (κ2) is 11.1. The predicted molar refractivity (Wildman–Crippen MR) is 131 cm³/mol.